The molecule has 0 unspecified atom stereocenters. The van der Waals surface area contributed by atoms with Gasteiger partial charge in [0.25, 0.3) is 0 Å². The Labute approximate surface area is 67.6 Å². The second-order valence-corrected chi connectivity index (χ2v) is 2.38. The standard InChI is InChI=1S/C9H14O2/c1-9(11)7-5-3-2-4-6-8-10/h10H,4-8H2,1H3. The summed E-state index contributed by atoms with van der Waals surface area (Å²) >= 11 is 0. The van der Waals surface area contributed by atoms with Gasteiger partial charge in [-0.25, -0.2) is 0 Å². The number of unbranched alkanes of at least 4 members (excludes halogenated alkanes) is 1. The number of carbonyl (C=O) groups excluding carboxylic acids is 1. The van der Waals surface area contributed by atoms with Crippen LogP contribution in [0.2, 0.25) is 0 Å². The van der Waals surface area contributed by atoms with Gasteiger partial charge in [-0.2, -0.15) is 0 Å². The van der Waals surface area contributed by atoms with Gasteiger partial charge in [0.05, 0.1) is 0 Å². The second kappa shape index (κ2) is 7.30. The number of aliphatic hydroxyl groups excluding tert-OH is 1. The van der Waals surface area contributed by atoms with E-state index in [1.54, 1.807) is 6.92 Å². The Kier molecular flexibility index (Phi) is 6.76. The monoisotopic (exact) mass is 154 g/mol. The molecule has 62 valence electrons. The minimum Gasteiger partial charge on any atom is -0.396 e. The smallest absolute Gasteiger partial charge is 0.130 e. The van der Waals surface area contributed by atoms with Crippen molar-refractivity contribution >= 4 is 5.78 Å². The van der Waals surface area contributed by atoms with Gasteiger partial charge in [0.2, 0.25) is 0 Å². The first-order valence-corrected chi connectivity index (χ1v) is 3.83. The fourth-order valence-corrected chi connectivity index (χ4v) is 0.583. The Morgan fingerprint density at radius 1 is 1.36 bits per heavy atom. The maximum Gasteiger partial charge on any atom is 0.130 e. The first kappa shape index (κ1) is 10.2. The third-order valence-corrected chi connectivity index (χ3v) is 1.19. The van der Waals surface area contributed by atoms with Crippen LogP contribution < -0.4 is 0 Å². The second-order valence-electron chi connectivity index (χ2n) is 2.38. The van der Waals surface area contributed by atoms with Gasteiger partial charge in [-0.05, 0) is 13.3 Å². The van der Waals surface area contributed by atoms with Crippen LogP contribution in [-0.4, -0.2) is 17.5 Å². The first-order chi connectivity index (χ1) is 5.27. The van der Waals surface area contributed by atoms with Crippen molar-refractivity contribution in [2.24, 2.45) is 0 Å². The molecule has 0 radical (unpaired) electrons. The summed E-state index contributed by atoms with van der Waals surface area (Å²) in [5.74, 6) is 5.93. The van der Waals surface area contributed by atoms with Crippen molar-refractivity contribution in [3.8, 4) is 11.8 Å². The van der Waals surface area contributed by atoms with Gasteiger partial charge in [0, 0.05) is 25.9 Å². The maximum atomic E-state index is 10.4. The van der Waals surface area contributed by atoms with E-state index in [1.807, 2.05) is 0 Å². The molecule has 11 heavy (non-hydrogen) atoms. The van der Waals surface area contributed by atoms with E-state index in [0.29, 0.717) is 12.8 Å². The van der Waals surface area contributed by atoms with Crippen molar-refractivity contribution in [3.63, 3.8) is 0 Å². The number of hydrogen-bond donors (Lipinski definition) is 1. The Balaban J connectivity index is 3.19. The SMILES string of the molecule is CC(=O)CCC#CCCCO. The average molecular weight is 154 g/mol. The van der Waals surface area contributed by atoms with Gasteiger partial charge in [0.1, 0.15) is 5.78 Å². The number of hydrogen-bond acceptors (Lipinski definition) is 2. The fraction of sp³-hybridized carbons (Fsp3) is 0.667. The summed E-state index contributed by atoms with van der Waals surface area (Å²) in [6.45, 7) is 1.76. The molecular weight excluding hydrogens is 140 g/mol. The molecule has 2 nitrogen and oxygen atoms in total. The Bertz CT molecular complexity index is 162. The Morgan fingerprint density at radius 2 is 2.00 bits per heavy atom. The van der Waals surface area contributed by atoms with E-state index in [0.717, 1.165) is 12.8 Å². The van der Waals surface area contributed by atoms with Crippen LogP contribution in [0.4, 0.5) is 0 Å². The molecule has 2 heteroatoms. The number of ketones is 1. The highest BCUT2D eigenvalue weighted by atomic mass is 16.2. The minimum absolute atomic E-state index is 0.182. The summed E-state index contributed by atoms with van der Waals surface area (Å²) in [4.78, 5) is 10.4. The summed E-state index contributed by atoms with van der Waals surface area (Å²) in [5.41, 5.74) is 0. The number of carbonyl (C=O) groups is 1. The molecule has 0 atom stereocenters. The third-order valence-electron chi connectivity index (χ3n) is 1.19. The van der Waals surface area contributed by atoms with E-state index < -0.39 is 0 Å². The Morgan fingerprint density at radius 3 is 2.55 bits per heavy atom. The van der Waals surface area contributed by atoms with E-state index in [1.165, 1.54) is 0 Å². The highest BCUT2D eigenvalue weighted by Crippen LogP contribution is 1.88. The van der Waals surface area contributed by atoms with E-state index in [-0.39, 0.29) is 12.4 Å². The third kappa shape index (κ3) is 9.19. The van der Waals surface area contributed by atoms with Crippen LogP contribution >= 0.6 is 0 Å². The lowest BCUT2D eigenvalue weighted by atomic mass is 10.2. The molecule has 0 aliphatic rings. The molecule has 0 saturated carbocycles. The van der Waals surface area contributed by atoms with Crippen molar-refractivity contribution < 1.29 is 9.90 Å². The zero-order chi connectivity index (χ0) is 8.53. The molecule has 0 aromatic heterocycles. The Hall–Kier alpha value is -0.810. The number of aliphatic hydroxyl groups is 1. The van der Waals surface area contributed by atoms with E-state index in [4.69, 9.17) is 5.11 Å². The molecule has 0 spiro atoms. The largest absolute Gasteiger partial charge is 0.396 e. The van der Waals surface area contributed by atoms with Crippen molar-refractivity contribution in [2.45, 2.75) is 32.6 Å². The van der Waals surface area contributed by atoms with Crippen molar-refractivity contribution in [1.82, 2.24) is 0 Å². The summed E-state index contributed by atoms with van der Waals surface area (Å²) in [5, 5.41) is 8.39. The van der Waals surface area contributed by atoms with Gasteiger partial charge in [0.15, 0.2) is 0 Å². The average Bonchev–Trinajstić information content (AvgIpc) is 1.96. The van der Waals surface area contributed by atoms with Crippen LogP contribution in [-0.2, 0) is 4.79 Å². The van der Waals surface area contributed by atoms with Crippen molar-refractivity contribution in [3.05, 3.63) is 0 Å². The zero-order valence-electron chi connectivity index (χ0n) is 6.89. The van der Waals surface area contributed by atoms with Crippen LogP contribution in [0.15, 0.2) is 0 Å². The van der Waals surface area contributed by atoms with Crippen molar-refractivity contribution in [2.75, 3.05) is 6.61 Å². The topological polar surface area (TPSA) is 37.3 Å². The van der Waals surface area contributed by atoms with Crippen LogP contribution in [0.5, 0.6) is 0 Å². The van der Waals surface area contributed by atoms with Crippen LogP contribution in [0, 0.1) is 11.8 Å². The molecule has 0 aromatic carbocycles. The fourth-order valence-electron chi connectivity index (χ4n) is 0.583. The van der Waals surface area contributed by atoms with E-state index >= 15 is 0 Å². The lowest BCUT2D eigenvalue weighted by Crippen LogP contribution is -1.86. The van der Waals surface area contributed by atoms with E-state index in [9.17, 15) is 4.79 Å². The van der Waals surface area contributed by atoms with Crippen LogP contribution in [0.25, 0.3) is 0 Å². The number of Topliss-reactive ketones (excluding diaryl/α,β-unsaturated/α-hetero) is 1. The molecule has 0 aliphatic carbocycles. The van der Waals surface area contributed by atoms with Gasteiger partial charge in [-0.15, -0.1) is 11.8 Å². The van der Waals surface area contributed by atoms with Crippen LogP contribution in [0.1, 0.15) is 32.6 Å². The van der Waals surface area contributed by atoms with Crippen LogP contribution in [0.3, 0.4) is 0 Å². The normalized spacial score (nSPS) is 8.55. The van der Waals surface area contributed by atoms with Gasteiger partial charge >= 0.3 is 0 Å². The van der Waals surface area contributed by atoms with Crippen molar-refractivity contribution in [1.29, 1.82) is 0 Å². The molecule has 0 aliphatic heterocycles. The molecule has 0 aromatic rings. The summed E-state index contributed by atoms with van der Waals surface area (Å²) < 4.78 is 0. The lowest BCUT2D eigenvalue weighted by molar-refractivity contribution is -0.116. The molecule has 0 rings (SSSR count). The highest BCUT2D eigenvalue weighted by Gasteiger charge is 1.87. The summed E-state index contributed by atoms with van der Waals surface area (Å²) in [6, 6.07) is 0. The lowest BCUT2D eigenvalue weighted by Gasteiger charge is -1.85. The molecule has 1 N–H and O–H groups in total. The highest BCUT2D eigenvalue weighted by molar-refractivity contribution is 5.75. The molecule has 0 saturated heterocycles. The molecule has 0 heterocycles. The van der Waals surface area contributed by atoms with Gasteiger partial charge in [-0.3, -0.25) is 4.79 Å². The quantitative estimate of drug-likeness (QED) is 0.487. The predicted octanol–water partition coefficient (Wildman–Crippen LogP) is 1.13. The minimum atomic E-state index is 0.182. The molecule has 0 amide bonds. The van der Waals surface area contributed by atoms with E-state index in [2.05, 4.69) is 11.8 Å². The number of rotatable bonds is 4. The van der Waals surface area contributed by atoms with Gasteiger partial charge in [-0.1, -0.05) is 0 Å². The predicted molar refractivity (Wildman–Crippen MR) is 44.0 cm³/mol. The summed E-state index contributed by atoms with van der Waals surface area (Å²) in [6.07, 6.45) is 2.66. The maximum absolute atomic E-state index is 10.4. The molecule has 0 bridgehead atoms. The summed E-state index contributed by atoms with van der Waals surface area (Å²) in [7, 11) is 0. The first-order valence-electron chi connectivity index (χ1n) is 3.83. The molecule has 0 fully saturated rings. The molecular formula is C9H14O2. The zero-order valence-corrected chi connectivity index (χ0v) is 6.89. The van der Waals surface area contributed by atoms with Gasteiger partial charge < -0.3 is 5.11 Å².